The Morgan fingerprint density at radius 2 is 2.11 bits per heavy atom. The van der Waals surface area contributed by atoms with E-state index < -0.39 is 17.7 Å². The van der Waals surface area contributed by atoms with Crippen LogP contribution in [0.2, 0.25) is 0 Å². The summed E-state index contributed by atoms with van der Waals surface area (Å²) in [7, 11) is 0. The quantitative estimate of drug-likeness (QED) is 0.497. The van der Waals surface area contributed by atoms with Gasteiger partial charge in [0.1, 0.15) is 11.6 Å². The second-order valence-corrected chi connectivity index (χ2v) is 6.29. The maximum atomic E-state index is 14.2. The smallest absolute Gasteiger partial charge is 0.145 e. The van der Waals surface area contributed by atoms with Gasteiger partial charge in [-0.15, -0.1) is 0 Å². The van der Waals surface area contributed by atoms with Crippen molar-refractivity contribution in [1.29, 1.82) is 0 Å². The van der Waals surface area contributed by atoms with Crippen molar-refractivity contribution in [3.05, 3.63) is 33.8 Å². The SMILES string of the molecule is CC1CCCC(C(NN)c2c(F)ccc(Br)c2F)C1. The summed E-state index contributed by atoms with van der Waals surface area (Å²) in [5.41, 5.74) is 2.67. The molecule has 0 radical (unpaired) electrons. The molecule has 1 aromatic carbocycles. The van der Waals surface area contributed by atoms with Gasteiger partial charge < -0.3 is 0 Å². The maximum Gasteiger partial charge on any atom is 0.145 e. The number of halogens is 3. The van der Waals surface area contributed by atoms with Gasteiger partial charge in [0, 0.05) is 5.56 Å². The second kappa shape index (κ2) is 6.29. The molecule has 0 bridgehead atoms. The molecule has 3 atom stereocenters. The van der Waals surface area contributed by atoms with Crippen LogP contribution in [0.3, 0.4) is 0 Å². The molecule has 1 fully saturated rings. The highest BCUT2D eigenvalue weighted by Crippen LogP contribution is 2.39. The van der Waals surface area contributed by atoms with Crippen molar-refractivity contribution < 1.29 is 8.78 Å². The number of nitrogens with two attached hydrogens (primary N) is 1. The number of hydrogen-bond donors (Lipinski definition) is 2. The molecule has 0 aromatic heterocycles. The zero-order valence-corrected chi connectivity index (χ0v) is 12.5. The molecule has 1 aromatic rings. The van der Waals surface area contributed by atoms with Crippen molar-refractivity contribution in [3.63, 3.8) is 0 Å². The van der Waals surface area contributed by atoms with Crippen molar-refractivity contribution in [1.82, 2.24) is 5.43 Å². The van der Waals surface area contributed by atoms with E-state index in [1.807, 2.05) is 0 Å². The van der Waals surface area contributed by atoms with Crippen LogP contribution >= 0.6 is 15.9 Å². The fourth-order valence-electron chi connectivity index (χ4n) is 3.07. The van der Waals surface area contributed by atoms with Crippen molar-refractivity contribution in [3.8, 4) is 0 Å². The van der Waals surface area contributed by atoms with Gasteiger partial charge in [-0.05, 0) is 52.7 Å². The van der Waals surface area contributed by atoms with Gasteiger partial charge in [0.15, 0.2) is 0 Å². The van der Waals surface area contributed by atoms with Crippen LogP contribution in [0.5, 0.6) is 0 Å². The van der Waals surface area contributed by atoms with Crippen molar-refractivity contribution in [2.75, 3.05) is 0 Å². The molecule has 2 rings (SSSR count). The third-order valence-corrected chi connectivity index (χ3v) is 4.63. The van der Waals surface area contributed by atoms with Crippen LogP contribution in [0.1, 0.15) is 44.2 Å². The van der Waals surface area contributed by atoms with Crippen LogP contribution in [0.4, 0.5) is 8.78 Å². The van der Waals surface area contributed by atoms with Gasteiger partial charge >= 0.3 is 0 Å². The molecular formula is C14H19BrF2N2. The highest BCUT2D eigenvalue weighted by Gasteiger charge is 2.31. The van der Waals surface area contributed by atoms with E-state index in [1.54, 1.807) is 0 Å². The van der Waals surface area contributed by atoms with E-state index in [-0.39, 0.29) is 16.0 Å². The molecule has 3 N–H and O–H groups in total. The Kier molecular flexibility index (Phi) is 4.92. The first kappa shape index (κ1) is 14.9. The molecule has 2 nitrogen and oxygen atoms in total. The van der Waals surface area contributed by atoms with Gasteiger partial charge in [-0.1, -0.05) is 19.8 Å². The first-order valence-corrected chi connectivity index (χ1v) is 7.43. The van der Waals surface area contributed by atoms with Crippen LogP contribution in [0.25, 0.3) is 0 Å². The average molecular weight is 333 g/mol. The van der Waals surface area contributed by atoms with Crippen molar-refractivity contribution in [2.45, 2.75) is 38.6 Å². The van der Waals surface area contributed by atoms with Crippen molar-refractivity contribution in [2.24, 2.45) is 17.7 Å². The Hall–Kier alpha value is -0.520. The zero-order valence-electron chi connectivity index (χ0n) is 10.9. The Bertz CT molecular complexity index is 453. The van der Waals surface area contributed by atoms with E-state index in [4.69, 9.17) is 5.84 Å². The lowest BCUT2D eigenvalue weighted by atomic mass is 9.76. The van der Waals surface area contributed by atoms with E-state index in [2.05, 4.69) is 28.3 Å². The standard InChI is InChI=1S/C14H19BrF2N2/c1-8-3-2-4-9(7-8)14(19-18)12-11(16)6-5-10(15)13(12)17/h5-6,8-9,14,19H,2-4,7,18H2,1H3. The lowest BCUT2D eigenvalue weighted by molar-refractivity contribution is 0.218. The third-order valence-electron chi connectivity index (χ3n) is 4.02. The molecule has 0 heterocycles. The third kappa shape index (κ3) is 3.15. The first-order valence-electron chi connectivity index (χ1n) is 6.64. The summed E-state index contributed by atoms with van der Waals surface area (Å²) in [6.07, 6.45) is 4.16. The number of benzene rings is 1. The van der Waals surface area contributed by atoms with Crippen LogP contribution in [0, 0.1) is 23.5 Å². The summed E-state index contributed by atoms with van der Waals surface area (Å²) < 4.78 is 28.4. The minimum atomic E-state index is -0.554. The Morgan fingerprint density at radius 1 is 1.37 bits per heavy atom. The van der Waals surface area contributed by atoms with Gasteiger partial charge in [-0.2, -0.15) is 0 Å². The van der Waals surface area contributed by atoms with E-state index in [1.165, 1.54) is 18.6 Å². The largest absolute Gasteiger partial charge is 0.271 e. The summed E-state index contributed by atoms with van der Waals surface area (Å²) in [6, 6.07) is 2.19. The summed E-state index contributed by atoms with van der Waals surface area (Å²) in [4.78, 5) is 0. The molecule has 3 unspecified atom stereocenters. The van der Waals surface area contributed by atoms with E-state index in [9.17, 15) is 8.78 Å². The van der Waals surface area contributed by atoms with Gasteiger partial charge in [0.2, 0.25) is 0 Å². The molecular weight excluding hydrogens is 314 g/mol. The molecule has 106 valence electrons. The highest BCUT2D eigenvalue weighted by atomic mass is 79.9. The Labute approximate surface area is 120 Å². The number of hydrogen-bond acceptors (Lipinski definition) is 2. The molecule has 0 aliphatic heterocycles. The molecule has 5 heteroatoms. The topological polar surface area (TPSA) is 38.0 Å². The fraction of sp³-hybridized carbons (Fsp3) is 0.571. The predicted molar refractivity (Wildman–Crippen MR) is 75.2 cm³/mol. The summed E-state index contributed by atoms with van der Waals surface area (Å²) >= 11 is 3.10. The molecule has 1 saturated carbocycles. The highest BCUT2D eigenvalue weighted by molar-refractivity contribution is 9.10. The van der Waals surface area contributed by atoms with Gasteiger partial charge in [0.25, 0.3) is 0 Å². The van der Waals surface area contributed by atoms with Crippen LogP contribution < -0.4 is 11.3 Å². The Balaban J connectivity index is 2.34. The van der Waals surface area contributed by atoms with E-state index in [0.29, 0.717) is 5.92 Å². The molecule has 0 amide bonds. The van der Waals surface area contributed by atoms with Crippen LogP contribution in [-0.4, -0.2) is 0 Å². The minimum Gasteiger partial charge on any atom is -0.271 e. The average Bonchev–Trinajstić information content (AvgIpc) is 2.39. The monoisotopic (exact) mass is 332 g/mol. The molecule has 0 saturated heterocycles. The van der Waals surface area contributed by atoms with E-state index in [0.717, 1.165) is 19.3 Å². The second-order valence-electron chi connectivity index (χ2n) is 5.43. The lowest BCUT2D eigenvalue weighted by Crippen LogP contribution is -2.36. The van der Waals surface area contributed by atoms with Gasteiger partial charge in [0.05, 0.1) is 10.5 Å². The summed E-state index contributed by atoms with van der Waals surface area (Å²) in [6.45, 7) is 2.17. The molecule has 1 aliphatic rings. The van der Waals surface area contributed by atoms with Crippen LogP contribution in [-0.2, 0) is 0 Å². The molecule has 19 heavy (non-hydrogen) atoms. The number of nitrogens with one attached hydrogen (secondary N) is 1. The van der Waals surface area contributed by atoms with Gasteiger partial charge in [-0.25, -0.2) is 8.78 Å². The maximum absolute atomic E-state index is 14.2. The summed E-state index contributed by atoms with van der Waals surface area (Å²) in [5.74, 6) is 5.23. The van der Waals surface area contributed by atoms with Crippen molar-refractivity contribution >= 4 is 15.9 Å². The predicted octanol–water partition coefficient (Wildman–Crippen LogP) is 4.06. The molecule has 1 aliphatic carbocycles. The fourth-order valence-corrected chi connectivity index (χ4v) is 3.41. The Morgan fingerprint density at radius 3 is 2.74 bits per heavy atom. The first-order chi connectivity index (χ1) is 9.04. The number of hydrazine groups is 1. The zero-order chi connectivity index (χ0) is 14.0. The summed E-state index contributed by atoms with van der Waals surface area (Å²) in [5, 5.41) is 0. The van der Waals surface area contributed by atoms with Gasteiger partial charge in [-0.3, -0.25) is 11.3 Å². The van der Waals surface area contributed by atoms with E-state index >= 15 is 0 Å². The molecule has 0 spiro atoms. The minimum absolute atomic E-state index is 0.0518. The van der Waals surface area contributed by atoms with Crippen LogP contribution in [0.15, 0.2) is 16.6 Å². The number of rotatable bonds is 3. The lowest BCUT2D eigenvalue weighted by Gasteiger charge is -2.33. The normalized spacial score (nSPS) is 25.3.